The first-order valence-electron chi connectivity index (χ1n) is 26.8. The number of pyridine rings is 4. The first kappa shape index (κ1) is 49.7. The molecular formula is C66H47FN8O4S2. The molecule has 1 saturated carbocycles. The van der Waals surface area contributed by atoms with Gasteiger partial charge in [0, 0.05) is 74.9 Å². The summed E-state index contributed by atoms with van der Waals surface area (Å²) in [5.74, 6) is -1.62. The summed E-state index contributed by atoms with van der Waals surface area (Å²) in [7, 11) is 0. The summed E-state index contributed by atoms with van der Waals surface area (Å²) in [6.07, 6.45) is 8.21. The first-order chi connectivity index (χ1) is 39.6. The maximum Gasteiger partial charge on any atom is 0.276 e. The van der Waals surface area contributed by atoms with Crippen molar-refractivity contribution in [2.24, 2.45) is 0 Å². The van der Waals surface area contributed by atoms with Crippen molar-refractivity contribution in [3.05, 3.63) is 220 Å². The molecular weight excluding hydrogens is 1050 g/mol. The highest BCUT2D eigenvalue weighted by Crippen LogP contribution is 2.45. The molecule has 0 saturated heterocycles. The predicted octanol–water partition coefficient (Wildman–Crippen LogP) is 14.0. The van der Waals surface area contributed by atoms with Crippen molar-refractivity contribution in [1.29, 1.82) is 0 Å². The fourth-order valence-corrected chi connectivity index (χ4v) is 13.4. The number of carbonyl (C=O) groups excluding carboxylic acids is 4. The minimum Gasteiger partial charge on any atom is -0.349 e. The van der Waals surface area contributed by atoms with Crippen LogP contribution < -0.4 is 20.4 Å². The van der Waals surface area contributed by atoms with Crippen molar-refractivity contribution < 1.29 is 23.6 Å². The van der Waals surface area contributed by atoms with Crippen molar-refractivity contribution in [3.63, 3.8) is 0 Å². The van der Waals surface area contributed by atoms with Crippen LogP contribution in [0.15, 0.2) is 176 Å². The highest BCUT2D eigenvalue weighted by atomic mass is 32.1. The van der Waals surface area contributed by atoms with Crippen LogP contribution in [0.3, 0.4) is 0 Å². The van der Waals surface area contributed by atoms with E-state index in [4.69, 9.17) is 9.97 Å². The van der Waals surface area contributed by atoms with E-state index in [1.807, 2.05) is 140 Å². The van der Waals surface area contributed by atoms with Gasteiger partial charge in [-0.2, -0.15) is 0 Å². The molecule has 12 nitrogen and oxygen atoms in total. The molecule has 11 aromatic rings. The number of aromatic nitrogens is 4. The number of carbonyl (C=O) groups is 4. The van der Waals surface area contributed by atoms with E-state index in [0.29, 0.717) is 80.4 Å². The lowest BCUT2D eigenvalue weighted by atomic mass is 9.93. The molecule has 14 rings (SSSR count). The Kier molecular flexibility index (Phi) is 12.4. The Balaban J connectivity index is 0.735. The maximum absolute atomic E-state index is 16.8. The van der Waals surface area contributed by atoms with Crippen molar-refractivity contribution in [2.45, 2.75) is 38.6 Å². The SMILES string of the molecule is Cc1cc(-c2cc(-c3ccncc3)cc3nc(C(=O)N4CCc5cc(C(=O)NC6CC6)sc5-c5ccccc54)ccc23)cc(F)c1NC(=O)c1cc2c(s1)-c1ccccc1N(C(=O)c1cccc(-c3ccc4ncccc4c3)n1)CC2. The number of fused-ring (bicyclic) bond motifs is 8. The maximum atomic E-state index is 16.8. The molecule has 81 heavy (non-hydrogen) atoms. The summed E-state index contributed by atoms with van der Waals surface area (Å²) < 4.78 is 16.8. The first-order valence-corrected chi connectivity index (χ1v) is 28.4. The summed E-state index contributed by atoms with van der Waals surface area (Å²) in [4.78, 5) is 81.5. The predicted molar refractivity (Wildman–Crippen MR) is 319 cm³/mol. The number of nitrogens with zero attached hydrogens (tertiary/aromatic N) is 6. The zero-order valence-corrected chi connectivity index (χ0v) is 45.2. The summed E-state index contributed by atoms with van der Waals surface area (Å²) in [6, 6.07) is 49.4. The van der Waals surface area contributed by atoms with Crippen LogP contribution in [0.5, 0.6) is 0 Å². The standard InChI is InChI=1S/C66H47FN8O4S2/c1-37-30-44(49-32-43(38-21-26-68-27-22-38)34-55-46(49)18-20-54(72-55)66(79)75-29-24-41-35-58(63(76)70-45-16-17-45)80-61(41)48-10-3-5-14-57(48)75)33-50(67)60(37)73-64(77)59-36-42-23-28-74(56-13-4-2-9-47(56)62(42)81-59)65(78)53-12-6-11-52(71-53)40-15-19-51-39(31-40)8-7-25-69-51/h2-15,18-22,25-27,30-36,45H,16-17,23-24,28-29H2,1H3,(H,70,76)(H,73,77). The van der Waals surface area contributed by atoms with Crippen molar-refractivity contribution in [3.8, 4) is 54.4 Å². The average Bonchev–Trinajstić information content (AvgIpc) is 4.16. The fourth-order valence-electron chi connectivity index (χ4n) is 11.1. The lowest BCUT2D eigenvalue weighted by Crippen LogP contribution is -2.33. The van der Waals surface area contributed by atoms with E-state index in [2.05, 4.69) is 20.6 Å². The summed E-state index contributed by atoms with van der Waals surface area (Å²) in [5, 5.41) is 7.69. The van der Waals surface area contributed by atoms with Gasteiger partial charge in [-0.1, -0.05) is 54.6 Å². The third-order valence-electron chi connectivity index (χ3n) is 15.3. The van der Waals surface area contributed by atoms with Gasteiger partial charge in [0.05, 0.1) is 43.5 Å². The molecule has 15 heteroatoms. The van der Waals surface area contributed by atoms with Gasteiger partial charge in [-0.25, -0.2) is 14.4 Å². The second-order valence-electron chi connectivity index (χ2n) is 20.6. The molecule has 5 aromatic carbocycles. The molecule has 0 bridgehead atoms. The Morgan fingerprint density at radius 2 is 1.25 bits per heavy atom. The molecule has 3 aliphatic rings. The number of thiophene rings is 2. The topological polar surface area (TPSA) is 150 Å². The highest BCUT2D eigenvalue weighted by Gasteiger charge is 2.32. The summed E-state index contributed by atoms with van der Waals surface area (Å²) >= 11 is 2.77. The number of benzene rings is 5. The van der Waals surface area contributed by atoms with Crippen LogP contribution in [0, 0.1) is 12.7 Å². The van der Waals surface area contributed by atoms with Gasteiger partial charge in [0.1, 0.15) is 17.2 Å². The van der Waals surface area contributed by atoms with E-state index >= 15 is 4.39 Å². The largest absolute Gasteiger partial charge is 0.349 e. The van der Waals surface area contributed by atoms with Crippen LogP contribution in [-0.4, -0.2) is 62.7 Å². The van der Waals surface area contributed by atoms with Gasteiger partial charge in [0.25, 0.3) is 23.6 Å². The van der Waals surface area contributed by atoms with Gasteiger partial charge in [-0.3, -0.25) is 29.1 Å². The van der Waals surface area contributed by atoms with Crippen LogP contribution in [0.25, 0.3) is 76.2 Å². The average molecular weight is 1100 g/mol. The number of nitrogens with one attached hydrogen (secondary N) is 2. The number of rotatable bonds is 9. The number of aryl methyl sites for hydroxylation is 1. The third-order valence-corrected chi connectivity index (χ3v) is 17.7. The quantitative estimate of drug-likeness (QED) is 0.145. The van der Waals surface area contributed by atoms with E-state index in [1.165, 1.54) is 28.7 Å². The molecule has 2 N–H and O–H groups in total. The lowest BCUT2D eigenvalue weighted by molar-refractivity contribution is 0.0951. The number of amides is 4. The van der Waals surface area contributed by atoms with E-state index < -0.39 is 11.7 Å². The molecule has 2 aliphatic heterocycles. The molecule has 8 heterocycles. The van der Waals surface area contributed by atoms with Crippen LogP contribution in [0.2, 0.25) is 0 Å². The van der Waals surface area contributed by atoms with Gasteiger partial charge >= 0.3 is 0 Å². The summed E-state index contributed by atoms with van der Waals surface area (Å²) in [6.45, 7) is 2.50. The smallest absolute Gasteiger partial charge is 0.276 e. The molecule has 1 aliphatic carbocycles. The number of hydrogen-bond donors (Lipinski definition) is 2. The van der Waals surface area contributed by atoms with E-state index in [9.17, 15) is 19.2 Å². The molecule has 1 fully saturated rings. The van der Waals surface area contributed by atoms with Crippen molar-refractivity contribution >= 4 is 85.2 Å². The van der Waals surface area contributed by atoms with Crippen molar-refractivity contribution in [2.75, 3.05) is 28.2 Å². The fraction of sp³-hybridized carbons (Fsp3) is 0.121. The minimum atomic E-state index is -0.613. The Labute approximate surface area is 472 Å². The van der Waals surface area contributed by atoms with Crippen LogP contribution in [0.1, 0.15) is 69.9 Å². The lowest BCUT2D eigenvalue weighted by Gasteiger charge is -2.23. The Morgan fingerprint density at radius 3 is 1.94 bits per heavy atom. The number of para-hydroxylation sites is 2. The normalized spacial score (nSPS) is 13.6. The van der Waals surface area contributed by atoms with Gasteiger partial charge in [-0.05, 0) is 175 Å². The number of hydrogen-bond acceptors (Lipinski definition) is 10. The molecule has 0 spiro atoms. The second kappa shape index (κ2) is 20.3. The van der Waals surface area contributed by atoms with Crippen molar-refractivity contribution in [1.82, 2.24) is 25.3 Å². The number of anilines is 3. The van der Waals surface area contributed by atoms with E-state index in [-0.39, 0.29) is 35.1 Å². The van der Waals surface area contributed by atoms with E-state index in [1.54, 1.807) is 47.4 Å². The highest BCUT2D eigenvalue weighted by molar-refractivity contribution is 7.18. The molecule has 6 aromatic heterocycles. The monoisotopic (exact) mass is 1100 g/mol. The van der Waals surface area contributed by atoms with Gasteiger partial charge in [0.2, 0.25) is 0 Å². The third kappa shape index (κ3) is 9.29. The second-order valence-corrected chi connectivity index (χ2v) is 22.7. The van der Waals surface area contributed by atoms with Gasteiger partial charge in [0.15, 0.2) is 0 Å². The zero-order valence-electron chi connectivity index (χ0n) is 43.6. The summed E-state index contributed by atoms with van der Waals surface area (Å²) in [5.41, 5.74) is 12.1. The zero-order chi connectivity index (χ0) is 54.9. The molecule has 0 radical (unpaired) electrons. The van der Waals surface area contributed by atoms with Crippen LogP contribution in [0.4, 0.5) is 21.5 Å². The van der Waals surface area contributed by atoms with Crippen LogP contribution in [-0.2, 0) is 12.8 Å². The Bertz CT molecular complexity index is 4400. The number of halogens is 1. The van der Waals surface area contributed by atoms with Gasteiger partial charge in [-0.15, -0.1) is 22.7 Å². The Hall–Kier alpha value is -9.57. The molecule has 4 amide bonds. The minimum absolute atomic E-state index is 0.0541. The molecule has 0 unspecified atom stereocenters. The van der Waals surface area contributed by atoms with E-state index in [0.717, 1.165) is 78.1 Å². The molecule has 0 atom stereocenters. The Morgan fingerprint density at radius 1 is 0.568 bits per heavy atom. The van der Waals surface area contributed by atoms with Crippen LogP contribution >= 0.6 is 22.7 Å². The van der Waals surface area contributed by atoms with Gasteiger partial charge < -0.3 is 20.4 Å². The molecule has 394 valence electrons.